The van der Waals surface area contributed by atoms with Crippen LogP contribution in [-0.2, 0) is 16.0 Å². The second kappa shape index (κ2) is 6.00. The zero-order valence-corrected chi connectivity index (χ0v) is 12.7. The van der Waals surface area contributed by atoms with E-state index in [1.807, 2.05) is 0 Å². The molecule has 1 aromatic carbocycles. The van der Waals surface area contributed by atoms with E-state index in [-0.39, 0.29) is 5.91 Å². The lowest BCUT2D eigenvalue weighted by Gasteiger charge is -2.21. The van der Waals surface area contributed by atoms with Crippen LogP contribution in [0, 0.1) is 34.6 Å². The van der Waals surface area contributed by atoms with Crippen LogP contribution >= 0.6 is 0 Å². The van der Waals surface area contributed by atoms with E-state index in [2.05, 4.69) is 39.9 Å². The molecule has 3 heteroatoms. The number of carbonyl (C=O) groups is 2. The molecule has 1 N–H and O–H groups in total. The summed E-state index contributed by atoms with van der Waals surface area (Å²) in [6, 6.07) is -0.448. The first-order valence-corrected chi connectivity index (χ1v) is 6.57. The lowest BCUT2D eigenvalue weighted by Crippen LogP contribution is -2.36. The molecule has 1 rings (SSSR count). The standard InChI is InChI=1S/C16H23NO2/c1-9-10(2)12(4)16(13(5)11(9)3)7-15(8-18)17-14(6)19/h8,15H,7H2,1-6H3,(H,17,19)/t15-/m0/s1. The molecule has 0 aromatic heterocycles. The summed E-state index contributed by atoms with van der Waals surface area (Å²) in [7, 11) is 0. The summed E-state index contributed by atoms with van der Waals surface area (Å²) in [5.41, 5.74) is 7.46. The van der Waals surface area contributed by atoms with Crippen LogP contribution in [0.5, 0.6) is 0 Å². The molecule has 0 saturated heterocycles. The van der Waals surface area contributed by atoms with Crippen molar-refractivity contribution in [3.8, 4) is 0 Å². The molecule has 0 heterocycles. The van der Waals surface area contributed by atoms with Gasteiger partial charge in [0.25, 0.3) is 0 Å². The van der Waals surface area contributed by atoms with E-state index in [1.165, 1.54) is 40.3 Å². The van der Waals surface area contributed by atoms with E-state index in [9.17, 15) is 9.59 Å². The highest BCUT2D eigenvalue weighted by Crippen LogP contribution is 2.26. The summed E-state index contributed by atoms with van der Waals surface area (Å²) in [5, 5.41) is 2.68. The minimum Gasteiger partial charge on any atom is -0.346 e. The summed E-state index contributed by atoms with van der Waals surface area (Å²) >= 11 is 0. The Labute approximate surface area is 115 Å². The topological polar surface area (TPSA) is 46.2 Å². The van der Waals surface area contributed by atoms with Crippen LogP contribution in [0.1, 0.15) is 40.3 Å². The first-order chi connectivity index (χ1) is 8.79. The molecule has 3 nitrogen and oxygen atoms in total. The summed E-state index contributed by atoms with van der Waals surface area (Å²) in [5.74, 6) is -0.173. The molecule has 19 heavy (non-hydrogen) atoms. The molecule has 1 atom stereocenters. The van der Waals surface area contributed by atoms with Crippen molar-refractivity contribution < 1.29 is 9.59 Å². The van der Waals surface area contributed by atoms with Crippen LogP contribution in [0.2, 0.25) is 0 Å². The maximum absolute atomic E-state index is 11.1. The van der Waals surface area contributed by atoms with Gasteiger partial charge in [0, 0.05) is 6.92 Å². The van der Waals surface area contributed by atoms with E-state index in [0.717, 1.165) is 6.29 Å². The monoisotopic (exact) mass is 261 g/mol. The lowest BCUT2D eigenvalue weighted by molar-refractivity contribution is -0.122. The fraction of sp³-hybridized carbons (Fsp3) is 0.500. The van der Waals surface area contributed by atoms with E-state index in [1.54, 1.807) is 0 Å². The van der Waals surface area contributed by atoms with Gasteiger partial charge in [-0.1, -0.05) is 0 Å². The Balaban J connectivity index is 3.20. The number of hydrogen-bond acceptors (Lipinski definition) is 2. The van der Waals surface area contributed by atoms with Crippen molar-refractivity contribution >= 4 is 12.2 Å². The number of amides is 1. The van der Waals surface area contributed by atoms with Crippen molar-refractivity contribution in [3.05, 3.63) is 33.4 Å². The van der Waals surface area contributed by atoms with Crippen LogP contribution in [0.3, 0.4) is 0 Å². The van der Waals surface area contributed by atoms with Gasteiger partial charge in [-0.2, -0.15) is 0 Å². The van der Waals surface area contributed by atoms with Crippen molar-refractivity contribution in [3.63, 3.8) is 0 Å². The van der Waals surface area contributed by atoms with Gasteiger partial charge in [-0.15, -0.1) is 0 Å². The second-order valence-corrected chi connectivity index (χ2v) is 5.25. The number of aldehydes is 1. The third-order valence-electron chi connectivity index (χ3n) is 4.13. The molecule has 0 radical (unpaired) electrons. The normalized spacial score (nSPS) is 12.1. The zero-order chi connectivity index (χ0) is 14.7. The van der Waals surface area contributed by atoms with Crippen LogP contribution < -0.4 is 5.32 Å². The molecule has 0 aliphatic carbocycles. The summed E-state index contributed by atoms with van der Waals surface area (Å²) in [6.45, 7) is 11.9. The summed E-state index contributed by atoms with van der Waals surface area (Å²) in [4.78, 5) is 22.2. The maximum atomic E-state index is 11.1. The molecular formula is C16H23NO2. The highest BCUT2D eigenvalue weighted by molar-refractivity contribution is 5.77. The van der Waals surface area contributed by atoms with Gasteiger partial charge in [-0.05, 0) is 74.4 Å². The Hall–Kier alpha value is -1.64. The quantitative estimate of drug-likeness (QED) is 0.846. The molecule has 0 bridgehead atoms. The van der Waals surface area contributed by atoms with Crippen LogP contribution in [0.25, 0.3) is 0 Å². The van der Waals surface area contributed by atoms with Crippen LogP contribution in [0.4, 0.5) is 0 Å². The largest absolute Gasteiger partial charge is 0.346 e. The Bertz CT molecular complexity index is 489. The third-order valence-corrected chi connectivity index (χ3v) is 4.13. The number of carbonyl (C=O) groups excluding carboxylic acids is 2. The molecule has 0 aliphatic heterocycles. The Morgan fingerprint density at radius 3 is 1.79 bits per heavy atom. The van der Waals surface area contributed by atoms with Gasteiger partial charge in [0.1, 0.15) is 6.29 Å². The molecule has 0 unspecified atom stereocenters. The molecular weight excluding hydrogens is 238 g/mol. The predicted octanol–water partition coefficient (Wildman–Crippen LogP) is 2.47. The fourth-order valence-electron chi connectivity index (χ4n) is 2.50. The molecule has 1 amide bonds. The minimum absolute atomic E-state index is 0.173. The molecule has 104 valence electrons. The van der Waals surface area contributed by atoms with Gasteiger partial charge in [-0.3, -0.25) is 4.79 Å². The van der Waals surface area contributed by atoms with E-state index >= 15 is 0 Å². The smallest absolute Gasteiger partial charge is 0.217 e. The van der Waals surface area contributed by atoms with Gasteiger partial charge >= 0.3 is 0 Å². The first kappa shape index (κ1) is 15.4. The highest BCUT2D eigenvalue weighted by Gasteiger charge is 2.16. The summed E-state index contributed by atoms with van der Waals surface area (Å²) in [6.07, 6.45) is 1.37. The van der Waals surface area contributed by atoms with Crippen molar-refractivity contribution in [1.29, 1.82) is 0 Å². The van der Waals surface area contributed by atoms with Crippen molar-refractivity contribution in [2.45, 2.75) is 54.0 Å². The SMILES string of the molecule is CC(=O)N[C@H](C=O)Cc1c(C)c(C)c(C)c(C)c1C. The third kappa shape index (κ3) is 3.22. The van der Waals surface area contributed by atoms with E-state index < -0.39 is 6.04 Å². The van der Waals surface area contributed by atoms with Gasteiger partial charge < -0.3 is 10.1 Å². The number of hydrogen-bond donors (Lipinski definition) is 1. The molecule has 1 aromatic rings. The van der Waals surface area contributed by atoms with E-state index in [0.29, 0.717) is 6.42 Å². The summed E-state index contributed by atoms with van der Waals surface area (Å²) < 4.78 is 0. The van der Waals surface area contributed by atoms with Gasteiger partial charge in [0.15, 0.2) is 0 Å². The molecule has 0 aliphatic rings. The average Bonchev–Trinajstić information content (AvgIpc) is 2.37. The maximum Gasteiger partial charge on any atom is 0.217 e. The molecule has 0 saturated carbocycles. The van der Waals surface area contributed by atoms with Crippen molar-refractivity contribution in [1.82, 2.24) is 5.32 Å². The van der Waals surface area contributed by atoms with Gasteiger partial charge in [-0.25, -0.2) is 0 Å². The predicted molar refractivity (Wildman–Crippen MR) is 77.5 cm³/mol. The minimum atomic E-state index is -0.448. The van der Waals surface area contributed by atoms with Crippen molar-refractivity contribution in [2.75, 3.05) is 0 Å². The lowest BCUT2D eigenvalue weighted by atomic mass is 9.87. The highest BCUT2D eigenvalue weighted by atomic mass is 16.2. The average molecular weight is 261 g/mol. The number of benzene rings is 1. The Kier molecular flexibility index (Phi) is 4.87. The Morgan fingerprint density at radius 1 is 1.00 bits per heavy atom. The van der Waals surface area contributed by atoms with Crippen LogP contribution in [-0.4, -0.2) is 18.2 Å². The number of rotatable bonds is 4. The molecule has 0 spiro atoms. The zero-order valence-electron chi connectivity index (χ0n) is 12.7. The van der Waals surface area contributed by atoms with Crippen molar-refractivity contribution in [2.24, 2.45) is 0 Å². The number of nitrogens with one attached hydrogen (secondary N) is 1. The Morgan fingerprint density at radius 2 is 1.42 bits per heavy atom. The first-order valence-electron chi connectivity index (χ1n) is 6.57. The molecule has 0 fully saturated rings. The van der Waals surface area contributed by atoms with Crippen LogP contribution in [0.15, 0.2) is 0 Å². The second-order valence-electron chi connectivity index (χ2n) is 5.25. The van der Waals surface area contributed by atoms with E-state index in [4.69, 9.17) is 0 Å². The fourth-order valence-corrected chi connectivity index (χ4v) is 2.50. The van der Waals surface area contributed by atoms with Gasteiger partial charge in [0.2, 0.25) is 5.91 Å². The van der Waals surface area contributed by atoms with Gasteiger partial charge in [0.05, 0.1) is 6.04 Å².